The van der Waals surface area contributed by atoms with Crippen molar-refractivity contribution in [3.8, 4) is 0 Å². The van der Waals surface area contributed by atoms with Gasteiger partial charge in [0.15, 0.2) is 0 Å². The maximum Gasteiger partial charge on any atom is 0.329 e. The highest BCUT2D eigenvalue weighted by atomic mass is 16.6. The van der Waals surface area contributed by atoms with Crippen LogP contribution in [-0.2, 0) is 19.1 Å². The molecule has 1 saturated heterocycles. The second kappa shape index (κ2) is 15.4. The van der Waals surface area contributed by atoms with E-state index in [4.69, 9.17) is 10.5 Å². The Bertz CT molecular complexity index is 1500. The molecule has 0 radical (unpaired) electrons. The summed E-state index contributed by atoms with van der Waals surface area (Å²) in [5.74, 6) is -2.06. The molecule has 248 valence electrons. The molecule has 10 nitrogen and oxygen atoms in total. The molecule has 1 fully saturated rings. The van der Waals surface area contributed by atoms with Gasteiger partial charge < -0.3 is 31.0 Å². The van der Waals surface area contributed by atoms with Crippen molar-refractivity contribution in [2.24, 2.45) is 11.7 Å². The lowest BCUT2D eigenvalue weighted by atomic mass is 9.90. The maximum absolute atomic E-state index is 14.0. The van der Waals surface area contributed by atoms with E-state index in [1.165, 1.54) is 0 Å². The van der Waals surface area contributed by atoms with E-state index in [9.17, 15) is 19.2 Å². The Morgan fingerprint density at radius 1 is 1.00 bits per heavy atom. The largest absolute Gasteiger partial charge is 0.458 e. The van der Waals surface area contributed by atoms with E-state index < -0.39 is 35.5 Å². The third-order valence-corrected chi connectivity index (χ3v) is 8.60. The lowest BCUT2D eigenvalue weighted by molar-refractivity contribution is -0.159. The second-order valence-electron chi connectivity index (χ2n) is 13.4. The van der Waals surface area contributed by atoms with Crippen LogP contribution >= 0.6 is 0 Å². The number of aromatic nitrogens is 1. The summed E-state index contributed by atoms with van der Waals surface area (Å²) in [6, 6.07) is 13.4. The van der Waals surface area contributed by atoms with Gasteiger partial charge in [-0.3, -0.25) is 14.4 Å². The molecule has 3 amide bonds. The number of esters is 1. The highest BCUT2D eigenvalue weighted by molar-refractivity contribution is 5.95. The number of likely N-dealkylation sites (tertiary alicyclic amines) is 1. The minimum atomic E-state index is -0.960. The predicted octanol–water partition coefficient (Wildman–Crippen LogP) is 4.57. The summed E-state index contributed by atoms with van der Waals surface area (Å²) in [5.41, 5.74) is 8.48. The number of piperidine rings is 1. The van der Waals surface area contributed by atoms with Crippen molar-refractivity contribution < 1.29 is 23.9 Å². The van der Waals surface area contributed by atoms with Crippen LogP contribution in [0.1, 0.15) is 87.2 Å². The zero-order valence-electron chi connectivity index (χ0n) is 27.7. The lowest BCUT2D eigenvalue weighted by Crippen LogP contribution is -2.55. The average Bonchev–Trinajstić information content (AvgIpc) is 3.46. The third kappa shape index (κ3) is 8.96. The summed E-state index contributed by atoms with van der Waals surface area (Å²) in [6.07, 6.45) is 4.54. The number of nitrogens with zero attached hydrogens (tertiary/aromatic N) is 1. The number of para-hydroxylation sites is 1. The number of unbranched alkanes of at least 4 members (excludes halogenated alkanes) is 1. The first-order valence-electron chi connectivity index (χ1n) is 16.3. The molecule has 0 bridgehead atoms. The van der Waals surface area contributed by atoms with E-state index >= 15 is 0 Å². The fourth-order valence-corrected chi connectivity index (χ4v) is 5.94. The molecule has 2 heterocycles. The molecule has 3 aromatic rings. The molecule has 10 heteroatoms. The van der Waals surface area contributed by atoms with E-state index in [-0.39, 0.29) is 17.7 Å². The van der Waals surface area contributed by atoms with Gasteiger partial charge in [0.05, 0.1) is 0 Å². The molecule has 3 unspecified atom stereocenters. The number of H-pyrrole nitrogens is 1. The van der Waals surface area contributed by atoms with Crippen molar-refractivity contribution >= 4 is 34.6 Å². The molecule has 0 saturated carbocycles. The molecule has 0 aliphatic carbocycles. The Morgan fingerprint density at radius 2 is 1.67 bits per heavy atom. The number of carbonyl (C=O) groups excluding carboxylic acids is 4. The number of hydrogen-bond donors (Lipinski definition) is 4. The second-order valence-corrected chi connectivity index (χ2v) is 13.4. The number of nitrogens with two attached hydrogens (primary N) is 1. The quantitative estimate of drug-likeness (QED) is 0.170. The van der Waals surface area contributed by atoms with Gasteiger partial charge in [-0.15, -0.1) is 0 Å². The lowest BCUT2D eigenvalue weighted by Gasteiger charge is -2.33. The molecule has 3 atom stereocenters. The monoisotopic (exact) mass is 631 g/mol. The number of hydrogen-bond acceptors (Lipinski definition) is 6. The Labute approximate surface area is 271 Å². The summed E-state index contributed by atoms with van der Waals surface area (Å²) >= 11 is 0. The smallest absolute Gasteiger partial charge is 0.329 e. The average molecular weight is 632 g/mol. The van der Waals surface area contributed by atoms with Gasteiger partial charge in [-0.2, -0.15) is 0 Å². The minimum Gasteiger partial charge on any atom is -0.458 e. The summed E-state index contributed by atoms with van der Waals surface area (Å²) in [6.45, 7) is 10.6. The topological polar surface area (TPSA) is 147 Å². The number of aryl methyl sites for hydroxylation is 1. The molecule has 0 spiro atoms. The van der Waals surface area contributed by atoms with Crippen LogP contribution in [0.3, 0.4) is 0 Å². The van der Waals surface area contributed by atoms with Crippen LogP contribution in [0, 0.1) is 12.8 Å². The number of amides is 3. The van der Waals surface area contributed by atoms with Crippen molar-refractivity contribution in [3.05, 3.63) is 71.4 Å². The molecule has 5 N–H and O–H groups in total. The van der Waals surface area contributed by atoms with E-state index in [2.05, 4.69) is 15.6 Å². The van der Waals surface area contributed by atoms with Crippen LogP contribution in [0.25, 0.3) is 10.9 Å². The zero-order valence-corrected chi connectivity index (χ0v) is 27.7. The van der Waals surface area contributed by atoms with Crippen molar-refractivity contribution in [3.63, 3.8) is 0 Å². The van der Waals surface area contributed by atoms with Crippen molar-refractivity contribution in [2.75, 3.05) is 19.6 Å². The summed E-state index contributed by atoms with van der Waals surface area (Å²) in [5, 5.41) is 6.91. The Kier molecular flexibility index (Phi) is 11.6. The highest BCUT2D eigenvalue weighted by Crippen LogP contribution is 2.29. The molecule has 1 aromatic heterocycles. The number of benzene rings is 2. The van der Waals surface area contributed by atoms with Crippen LogP contribution < -0.4 is 16.4 Å². The van der Waals surface area contributed by atoms with Gasteiger partial charge in [0.1, 0.15) is 17.7 Å². The summed E-state index contributed by atoms with van der Waals surface area (Å²) in [4.78, 5) is 59.0. The van der Waals surface area contributed by atoms with Gasteiger partial charge in [-0.1, -0.05) is 42.8 Å². The van der Waals surface area contributed by atoms with Crippen LogP contribution in [-0.4, -0.2) is 70.9 Å². The van der Waals surface area contributed by atoms with Crippen LogP contribution in [0.4, 0.5) is 0 Å². The van der Waals surface area contributed by atoms with E-state index in [1.807, 2.05) is 68.6 Å². The van der Waals surface area contributed by atoms with Gasteiger partial charge in [0.25, 0.3) is 5.91 Å². The van der Waals surface area contributed by atoms with Crippen molar-refractivity contribution in [1.82, 2.24) is 20.5 Å². The standard InChI is InChI=1S/C36H49N5O5/c1-23-13-15-26(16-14-23)34(44)41-20-17-25(18-21-41)32(42)40-31(24(2)28-22-38-29-11-7-6-10-27(28)29)33(43)39-30(12-8-9-19-37)35(45)46-36(3,4)5/h6-7,10-11,13-16,22,24-25,30-31,38H,8-9,12,17-21,37H2,1-5H3,(H,39,43)(H,40,42). The molecular formula is C36H49N5O5. The van der Waals surface area contributed by atoms with Gasteiger partial charge in [0.2, 0.25) is 11.8 Å². The highest BCUT2D eigenvalue weighted by Gasteiger charge is 2.36. The first kappa shape index (κ1) is 34.7. The van der Waals surface area contributed by atoms with E-state index in [0.29, 0.717) is 57.3 Å². The summed E-state index contributed by atoms with van der Waals surface area (Å²) < 4.78 is 5.64. The van der Waals surface area contributed by atoms with Crippen LogP contribution in [0.15, 0.2) is 54.7 Å². The maximum atomic E-state index is 14.0. The van der Waals surface area contributed by atoms with Crippen molar-refractivity contribution in [1.29, 1.82) is 0 Å². The van der Waals surface area contributed by atoms with Crippen LogP contribution in [0.2, 0.25) is 0 Å². The Balaban J connectivity index is 1.51. The van der Waals surface area contributed by atoms with Gasteiger partial charge in [0, 0.05) is 47.6 Å². The fraction of sp³-hybridized carbons (Fsp3) is 0.500. The van der Waals surface area contributed by atoms with E-state index in [0.717, 1.165) is 22.0 Å². The molecule has 2 aromatic carbocycles. The normalized spacial score (nSPS) is 16.0. The molecule has 46 heavy (non-hydrogen) atoms. The minimum absolute atomic E-state index is 0.0492. The number of fused-ring (bicyclic) bond motifs is 1. The number of aromatic amines is 1. The molecule has 1 aliphatic heterocycles. The number of ether oxygens (including phenoxy) is 1. The first-order valence-corrected chi connectivity index (χ1v) is 16.3. The van der Waals surface area contributed by atoms with Crippen LogP contribution in [0.5, 0.6) is 0 Å². The first-order chi connectivity index (χ1) is 21.9. The fourth-order valence-electron chi connectivity index (χ4n) is 5.94. The van der Waals surface area contributed by atoms with Gasteiger partial charge >= 0.3 is 5.97 Å². The number of carbonyl (C=O) groups is 4. The molecule has 1 aliphatic rings. The summed E-state index contributed by atoms with van der Waals surface area (Å²) in [7, 11) is 0. The molecule has 4 rings (SSSR count). The third-order valence-electron chi connectivity index (χ3n) is 8.60. The zero-order chi connectivity index (χ0) is 33.4. The SMILES string of the molecule is Cc1ccc(C(=O)N2CCC(C(=O)NC(C(=O)NC(CCCCN)C(=O)OC(C)(C)C)C(C)c3c[nH]c4ccccc34)CC2)cc1. The van der Waals surface area contributed by atoms with Crippen molar-refractivity contribution in [2.45, 2.75) is 90.3 Å². The molecular weight excluding hydrogens is 582 g/mol. The van der Waals surface area contributed by atoms with E-state index in [1.54, 1.807) is 25.7 Å². The van der Waals surface area contributed by atoms with Gasteiger partial charge in [-0.05, 0) is 90.1 Å². The predicted molar refractivity (Wildman–Crippen MR) is 179 cm³/mol. The Morgan fingerprint density at radius 3 is 2.33 bits per heavy atom. The number of nitrogens with one attached hydrogen (secondary N) is 3. The Hall–Kier alpha value is -4.18. The number of rotatable bonds is 12. The van der Waals surface area contributed by atoms with Gasteiger partial charge in [-0.25, -0.2) is 4.79 Å².